The molecule has 124 valence electrons. The van der Waals surface area contributed by atoms with E-state index in [2.05, 4.69) is 27.7 Å². The monoisotopic (exact) mass is 318 g/mol. The van der Waals surface area contributed by atoms with Crippen LogP contribution in [-0.4, -0.2) is 34.3 Å². The van der Waals surface area contributed by atoms with Gasteiger partial charge < -0.3 is 20.3 Å². The van der Waals surface area contributed by atoms with Gasteiger partial charge in [0.1, 0.15) is 0 Å². The standard InChI is InChI=1S/C16H22N4O3/c1-2-3-7-15-19-14(20-23-15)11-18-13-6-4-5-12(10-13)16(22)17-8-9-21/h4-6,10,18,21H,2-3,7-9,11H2,1H3,(H,17,22). The van der Waals surface area contributed by atoms with Gasteiger partial charge in [-0.05, 0) is 24.6 Å². The molecule has 7 nitrogen and oxygen atoms in total. The van der Waals surface area contributed by atoms with Crippen LogP contribution in [0.15, 0.2) is 28.8 Å². The molecule has 0 unspecified atom stereocenters. The van der Waals surface area contributed by atoms with Crippen LogP contribution in [0.25, 0.3) is 0 Å². The first kappa shape index (κ1) is 17.0. The predicted molar refractivity (Wildman–Crippen MR) is 86.1 cm³/mol. The summed E-state index contributed by atoms with van der Waals surface area (Å²) >= 11 is 0. The maximum atomic E-state index is 11.8. The maximum absolute atomic E-state index is 11.8. The zero-order valence-corrected chi connectivity index (χ0v) is 13.2. The van der Waals surface area contributed by atoms with Gasteiger partial charge in [0, 0.05) is 24.2 Å². The van der Waals surface area contributed by atoms with Crippen molar-refractivity contribution in [2.75, 3.05) is 18.5 Å². The van der Waals surface area contributed by atoms with Gasteiger partial charge in [0.2, 0.25) is 5.89 Å². The molecule has 1 amide bonds. The molecule has 0 atom stereocenters. The smallest absolute Gasteiger partial charge is 0.251 e. The quantitative estimate of drug-likeness (QED) is 0.651. The van der Waals surface area contributed by atoms with Gasteiger partial charge in [0.15, 0.2) is 5.82 Å². The SMILES string of the molecule is CCCCc1nc(CNc2cccc(C(=O)NCCO)c2)no1. The topological polar surface area (TPSA) is 100 Å². The van der Waals surface area contributed by atoms with E-state index in [4.69, 9.17) is 9.63 Å². The number of rotatable bonds is 9. The minimum atomic E-state index is -0.218. The van der Waals surface area contributed by atoms with Gasteiger partial charge in [-0.3, -0.25) is 4.79 Å². The van der Waals surface area contributed by atoms with Crippen molar-refractivity contribution in [2.45, 2.75) is 32.7 Å². The van der Waals surface area contributed by atoms with Gasteiger partial charge in [-0.2, -0.15) is 4.98 Å². The van der Waals surface area contributed by atoms with Crippen molar-refractivity contribution >= 4 is 11.6 Å². The molecule has 0 radical (unpaired) electrons. The number of anilines is 1. The number of carbonyl (C=O) groups is 1. The zero-order valence-electron chi connectivity index (χ0n) is 13.2. The van der Waals surface area contributed by atoms with Gasteiger partial charge in [-0.25, -0.2) is 0 Å². The Morgan fingerprint density at radius 1 is 1.39 bits per heavy atom. The number of aliphatic hydroxyl groups excluding tert-OH is 1. The molecular weight excluding hydrogens is 296 g/mol. The highest BCUT2D eigenvalue weighted by atomic mass is 16.5. The van der Waals surface area contributed by atoms with Crippen molar-refractivity contribution in [3.05, 3.63) is 41.5 Å². The number of aryl methyl sites for hydroxylation is 1. The number of carbonyl (C=O) groups excluding carboxylic acids is 1. The molecule has 0 aliphatic carbocycles. The highest BCUT2D eigenvalue weighted by Gasteiger charge is 2.07. The minimum absolute atomic E-state index is 0.0815. The molecule has 23 heavy (non-hydrogen) atoms. The van der Waals surface area contributed by atoms with E-state index >= 15 is 0 Å². The summed E-state index contributed by atoms with van der Waals surface area (Å²) < 4.78 is 5.17. The second kappa shape index (κ2) is 8.89. The van der Waals surface area contributed by atoms with Crippen molar-refractivity contribution in [3.63, 3.8) is 0 Å². The summed E-state index contributed by atoms with van der Waals surface area (Å²) in [7, 11) is 0. The number of hydrogen-bond acceptors (Lipinski definition) is 6. The molecular formula is C16H22N4O3. The van der Waals surface area contributed by atoms with Gasteiger partial charge >= 0.3 is 0 Å². The van der Waals surface area contributed by atoms with Crippen LogP contribution in [0.3, 0.4) is 0 Å². The van der Waals surface area contributed by atoms with E-state index in [1.54, 1.807) is 18.2 Å². The third-order valence-corrected chi connectivity index (χ3v) is 3.23. The summed E-state index contributed by atoms with van der Waals surface area (Å²) in [6, 6.07) is 7.11. The Labute approximate surface area is 135 Å². The van der Waals surface area contributed by atoms with Gasteiger partial charge in [0.25, 0.3) is 5.91 Å². The molecule has 2 rings (SSSR count). The van der Waals surface area contributed by atoms with Crippen molar-refractivity contribution in [2.24, 2.45) is 0 Å². The first-order chi connectivity index (χ1) is 11.2. The number of aliphatic hydroxyl groups is 1. The number of hydrogen-bond donors (Lipinski definition) is 3. The fraction of sp³-hybridized carbons (Fsp3) is 0.438. The Morgan fingerprint density at radius 3 is 3.04 bits per heavy atom. The summed E-state index contributed by atoms with van der Waals surface area (Å²) in [6.07, 6.45) is 2.91. The summed E-state index contributed by atoms with van der Waals surface area (Å²) in [5.74, 6) is 1.02. The summed E-state index contributed by atoms with van der Waals surface area (Å²) in [6.45, 7) is 2.70. The van der Waals surface area contributed by atoms with E-state index in [1.807, 2.05) is 6.07 Å². The molecule has 0 saturated heterocycles. The number of amides is 1. The Hall–Kier alpha value is -2.41. The van der Waals surface area contributed by atoms with Crippen molar-refractivity contribution < 1.29 is 14.4 Å². The lowest BCUT2D eigenvalue weighted by Gasteiger charge is -2.07. The molecule has 0 spiro atoms. The third kappa shape index (κ3) is 5.37. The normalized spacial score (nSPS) is 10.5. The fourth-order valence-corrected chi connectivity index (χ4v) is 2.01. The fourth-order valence-electron chi connectivity index (χ4n) is 2.01. The number of unbranched alkanes of at least 4 members (excludes halogenated alkanes) is 1. The lowest BCUT2D eigenvalue weighted by molar-refractivity contribution is 0.0945. The van der Waals surface area contributed by atoms with Gasteiger partial charge in [0.05, 0.1) is 13.2 Å². The van der Waals surface area contributed by atoms with E-state index in [9.17, 15) is 4.79 Å². The van der Waals surface area contributed by atoms with Crippen molar-refractivity contribution in [1.29, 1.82) is 0 Å². The van der Waals surface area contributed by atoms with Crippen LogP contribution in [0, 0.1) is 0 Å². The van der Waals surface area contributed by atoms with Crippen LogP contribution in [0.4, 0.5) is 5.69 Å². The van der Waals surface area contributed by atoms with E-state index in [-0.39, 0.29) is 19.1 Å². The van der Waals surface area contributed by atoms with E-state index in [0.29, 0.717) is 23.8 Å². The molecule has 3 N–H and O–H groups in total. The Morgan fingerprint density at radius 2 is 2.26 bits per heavy atom. The molecule has 0 bridgehead atoms. The zero-order chi connectivity index (χ0) is 16.5. The average Bonchev–Trinajstić information content (AvgIpc) is 3.04. The lowest BCUT2D eigenvalue weighted by Crippen LogP contribution is -2.26. The molecule has 0 aliphatic heterocycles. The Bertz CT molecular complexity index is 627. The number of benzene rings is 1. The summed E-state index contributed by atoms with van der Waals surface area (Å²) in [4.78, 5) is 16.2. The van der Waals surface area contributed by atoms with Crippen LogP contribution in [0.1, 0.15) is 41.8 Å². The van der Waals surface area contributed by atoms with Gasteiger partial charge in [-0.15, -0.1) is 0 Å². The van der Waals surface area contributed by atoms with Crippen LogP contribution in [-0.2, 0) is 13.0 Å². The first-order valence-corrected chi connectivity index (χ1v) is 7.77. The molecule has 1 aromatic heterocycles. The number of aromatic nitrogens is 2. The molecule has 0 saturated carbocycles. The average molecular weight is 318 g/mol. The Balaban J connectivity index is 1.90. The highest BCUT2D eigenvalue weighted by molar-refractivity contribution is 5.95. The van der Waals surface area contributed by atoms with Gasteiger partial charge in [-0.1, -0.05) is 24.6 Å². The lowest BCUT2D eigenvalue weighted by atomic mass is 10.2. The van der Waals surface area contributed by atoms with E-state index < -0.39 is 0 Å². The Kier molecular flexibility index (Phi) is 6.56. The molecule has 0 aliphatic rings. The number of nitrogens with one attached hydrogen (secondary N) is 2. The molecule has 7 heteroatoms. The molecule has 1 heterocycles. The van der Waals surface area contributed by atoms with Crippen LogP contribution in [0.2, 0.25) is 0 Å². The number of nitrogens with zero attached hydrogens (tertiary/aromatic N) is 2. The molecule has 1 aromatic carbocycles. The minimum Gasteiger partial charge on any atom is -0.395 e. The molecule has 2 aromatic rings. The summed E-state index contributed by atoms with van der Waals surface area (Å²) in [5, 5.41) is 18.4. The first-order valence-electron chi connectivity index (χ1n) is 7.77. The third-order valence-electron chi connectivity index (χ3n) is 3.23. The van der Waals surface area contributed by atoms with Crippen LogP contribution in [0.5, 0.6) is 0 Å². The van der Waals surface area contributed by atoms with E-state index in [0.717, 1.165) is 24.9 Å². The summed E-state index contributed by atoms with van der Waals surface area (Å²) in [5.41, 5.74) is 1.32. The van der Waals surface area contributed by atoms with Crippen molar-refractivity contribution in [1.82, 2.24) is 15.5 Å². The molecule has 0 fully saturated rings. The predicted octanol–water partition coefficient (Wildman–Crippen LogP) is 1.75. The largest absolute Gasteiger partial charge is 0.395 e. The van der Waals surface area contributed by atoms with Crippen molar-refractivity contribution in [3.8, 4) is 0 Å². The van der Waals surface area contributed by atoms with Crippen LogP contribution >= 0.6 is 0 Å². The van der Waals surface area contributed by atoms with E-state index in [1.165, 1.54) is 0 Å². The highest BCUT2D eigenvalue weighted by Crippen LogP contribution is 2.12. The second-order valence-electron chi connectivity index (χ2n) is 5.12. The van der Waals surface area contributed by atoms with Crippen LogP contribution < -0.4 is 10.6 Å². The second-order valence-corrected chi connectivity index (χ2v) is 5.12. The maximum Gasteiger partial charge on any atom is 0.251 e.